The molecule has 19 heavy (non-hydrogen) atoms. The number of piperidine rings is 1. The Morgan fingerprint density at radius 3 is 2.21 bits per heavy atom. The first-order valence-corrected chi connectivity index (χ1v) is 7.35. The maximum atomic E-state index is 10.7. The van der Waals surface area contributed by atoms with Crippen LogP contribution in [0.25, 0.3) is 0 Å². The molecule has 106 valence electrons. The Morgan fingerprint density at radius 1 is 1.11 bits per heavy atom. The molecule has 1 N–H and O–H groups in total. The molecule has 0 spiro atoms. The fourth-order valence-corrected chi connectivity index (χ4v) is 3.13. The van der Waals surface area contributed by atoms with E-state index in [1.807, 2.05) is 0 Å². The number of hydrogen-bond donors (Lipinski definition) is 1. The van der Waals surface area contributed by atoms with E-state index in [0.29, 0.717) is 0 Å². The lowest BCUT2D eigenvalue weighted by molar-refractivity contribution is -0.0500. The summed E-state index contributed by atoms with van der Waals surface area (Å²) in [4.78, 5) is 2.45. The van der Waals surface area contributed by atoms with Gasteiger partial charge in [-0.05, 0) is 30.2 Å². The summed E-state index contributed by atoms with van der Waals surface area (Å²) in [5.41, 5.74) is 1.12. The molecule has 0 amide bonds. The number of likely N-dealkylation sites (tertiary alicyclic amines) is 1. The van der Waals surface area contributed by atoms with E-state index in [1.54, 1.807) is 0 Å². The molecule has 1 saturated heterocycles. The third-order valence-corrected chi connectivity index (χ3v) is 3.90. The Hall–Kier alpha value is -0.860. The zero-order valence-electron chi connectivity index (χ0n) is 12.5. The second-order valence-corrected chi connectivity index (χ2v) is 7.22. The third-order valence-electron chi connectivity index (χ3n) is 3.90. The first kappa shape index (κ1) is 14.5. The lowest BCUT2D eigenvalue weighted by atomic mass is 9.77. The first-order valence-electron chi connectivity index (χ1n) is 7.35. The number of rotatable bonds is 3. The Bertz CT molecular complexity index is 385. The minimum Gasteiger partial charge on any atom is -0.390 e. The minimum atomic E-state index is -0.453. The van der Waals surface area contributed by atoms with Crippen molar-refractivity contribution in [2.45, 2.75) is 52.2 Å². The molecule has 0 aromatic heterocycles. The molecule has 2 heteroatoms. The monoisotopic (exact) mass is 261 g/mol. The van der Waals surface area contributed by atoms with Gasteiger partial charge in [0.15, 0.2) is 0 Å². The van der Waals surface area contributed by atoms with Crippen LogP contribution in [-0.2, 0) is 6.54 Å². The van der Waals surface area contributed by atoms with E-state index in [1.165, 1.54) is 5.56 Å². The van der Waals surface area contributed by atoms with Crippen molar-refractivity contribution in [2.75, 3.05) is 13.1 Å². The van der Waals surface area contributed by atoms with E-state index in [0.717, 1.165) is 38.9 Å². The van der Waals surface area contributed by atoms with Gasteiger partial charge in [0.05, 0.1) is 5.60 Å². The second-order valence-electron chi connectivity index (χ2n) is 7.22. The van der Waals surface area contributed by atoms with Gasteiger partial charge in [-0.15, -0.1) is 0 Å². The van der Waals surface area contributed by atoms with Crippen molar-refractivity contribution in [1.29, 1.82) is 0 Å². The molecule has 0 atom stereocenters. The van der Waals surface area contributed by atoms with Gasteiger partial charge in [0.25, 0.3) is 0 Å². The van der Waals surface area contributed by atoms with E-state index in [9.17, 15) is 5.11 Å². The van der Waals surface area contributed by atoms with E-state index in [-0.39, 0.29) is 5.41 Å². The van der Waals surface area contributed by atoms with Crippen LogP contribution in [-0.4, -0.2) is 28.7 Å². The fourth-order valence-electron chi connectivity index (χ4n) is 3.13. The Kier molecular flexibility index (Phi) is 4.32. The SMILES string of the molecule is CC(C)(C)CC1(O)CCN(Cc2ccccc2)CC1. The highest BCUT2D eigenvalue weighted by Crippen LogP contribution is 2.34. The number of aliphatic hydroxyl groups is 1. The quantitative estimate of drug-likeness (QED) is 0.901. The average molecular weight is 261 g/mol. The van der Waals surface area contributed by atoms with Gasteiger partial charge in [0, 0.05) is 19.6 Å². The van der Waals surface area contributed by atoms with Crippen LogP contribution in [0.3, 0.4) is 0 Å². The molecule has 1 aliphatic heterocycles. The van der Waals surface area contributed by atoms with E-state index in [2.05, 4.69) is 56.0 Å². The van der Waals surface area contributed by atoms with Crippen molar-refractivity contribution in [3.8, 4) is 0 Å². The average Bonchev–Trinajstić information content (AvgIpc) is 2.31. The molecule has 0 saturated carbocycles. The van der Waals surface area contributed by atoms with E-state index in [4.69, 9.17) is 0 Å². The molecule has 0 aliphatic carbocycles. The number of hydrogen-bond acceptors (Lipinski definition) is 2. The highest BCUT2D eigenvalue weighted by atomic mass is 16.3. The van der Waals surface area contributed by atoms with Crippen molar-refractivity contribution >= 4 is 0 Å². The standard InChI is InChI=1S/C17H27NO/c1-16(2,3)14-17(19)9-11-18(12-10-17)13-15-7-5-4-6-8-15/h4-8,19H,9-14H2,1-3H3. The summed E-state index contributed by atoms with van der Waals surface area (Å²) < 4.78 is 0. The van der Waals surface area contributed by atoms with Crippen LogP contribution < -0.4 is 0 Å². The highest BCUT2D eigenvalue weighted by molar-refractivity contribution is 5.14. The topological polar surface area (TPSA) is 23.5 Å². The molecular formula is C17H27NO. The van der Waals surface area contributed by atoms with Crippen molar-refractivity contribution in [3.63, 3.8) is 0 Å². The van der Waals surface area contributed by atoms with Gasteiger partial charge in [0.2, 0.25) is 0 Å². The maximum absolute atomic E-state index is 10.7. The summed E-state index contributed by atoms with van der Waals surface area (Å²) in [6.07, 6.45) is 2.70. The first-order chi connectivity index (χ1) is 8.86. The lowest BCUT2D eigenvalue weighted by Gasteiger charge is -2.41. The Balaban J connectivity index is 1.85. The molecule has 1 fully saturated rings. The molecular weight excluding hydrogens is 234 g/mol. The van der Waals surface area contributed by atoms with Gasteiger partial charge in [-0.25, -0.2) is 0 Å². The Morgan fingerprint density at radius 2 is 1.68 bits per heavy atom. The molecule has 2 nitrogen and oxygen atoms in total. The molecule has 1 aliphatic rings. The van der Waals surface area contributed by atoms with Gasteiger partial charge >= 0.3 is 0 Å². The summed E-state index contributed by atoms with van der Waals surface area (Å²) in [6, 6.07) is 10.6. The van der Waals surface area contributed by atoms with E-state index < -0.39 is 5.60 Å². The highest BCUT2D eigenvalue weighted by Gasteiger charge is 2.35. The fraction of sp³-hybridized carbons (Fsp3) is 0.647. The van der Waals surface area contributed by atoms with Crippen LogP contribution in [0.1, 0.15) is 45.6 Å². The maximum Gasteiger partial charge on any atom is 0.0677 e. The minimum absolute atomic E-state index is 0.205. The second kappa shape index (κ2) is 5.64. The van der Waals surface area contributed by atoms with Gasteiger partial charge in [0.1, 0.15) is 0 Å². The lowest BCUT2D eigenvalue weighted by Crippen LogP contribution is -2.45. The van der Waals surface area contributed by atoms with Crippen molar-refractivity contribution in [2.24, 2.45) is 5.41 Å². The number of nitrogens with zero attached hydrogens (tertiary/aromatic N) is 1. The zero-order chi connectivity index (χ0) is 13.9. The molecule has 2 rings (SSSR count). The molecule has 0 unspecified atom stereocenters. The predicted octanol–water partition coefficient (Wildman–Crippen LogP) is 3.45. The zero-order valence-corrected chi connectivity index (χ0v) is 12.5. The molecule has 1 aromatic carbocycles. The van der Waals surface area contributed by atoms with E-state index >= 15 is 0 Å². The van der Waals surface area contributed by atoms with Crippen LogP contribution in [0.5, 0.6) is 0 Å². The summed E-state index contributed by atoms with van der Waals surface area (Å²) in [7, 11) is 0. The van der Waals surface area contributed by atoms with Gasteiger partial charge < -0.3 is 5.11 Å². The summed E-state index contributed by atoms with van der Waals surface area (Å²) in [6.45, 7) is 9.64. The van der Waals surface area contributed by atoms with Crippen molar-refractivity contribution in [1.82, 2.24) is 4.90 Å². The van der Waals surface area contributed by atoms with Gasteiger partial charge in [-0.2, -0.15) is 0 Å². The summed E-state index contributed by atoms with van der Waals surface area (Å²) in [5.74, 6) is 0. The summed E-state index contributed by atoms with van der Waals surface area (Å²) in [5, 5.41) is 10.7. The van der Waals surface area contributed by atoms with Crippen LogP contribution >= 0.6 is 0 Å². The molecule has 0 bridgehead atoms. The molecule has 1 heterocycles. The Labute approximate surface area is 117 Å². The van der Waals surface area contributed by atoms with Crippen LogP contribution in [0.2, 0.25) is 0 Å². The number of benzene rings is 1. The predicted molar refractivity (Wildman–Crippen MR) is 80.0 cm³/mol. The normalized spacial score (nSPS) is 20.4. The van der Waals surface area contributed by atoms with Crippen LogP contribution in [0.15, 0.2) is 30.3 Å². The third kappa shape index (κ3) is 4.63. The van der Waals surface area contributed by atoms with Gasteiger partial charge in [-0.1, -0.05) is 51.1 Å². The van der Waals surface area contributed by atoms with Crippen molar-refractivity contribution < 1.29 is 5.11 Å². The van der Waals surface area contributed by atoms with Gasteiger partial charge in [-0.3, -0.25) is 4.90 Å². The molecule has 1 aromatic rings. The van der Waals surface area contributed by atoms with Crippen LogP contribution in [0.4, 0.5) is 0 Å². The largest absolute Gasteiger partial charge is 0.390 e. The van der Waals surface area contributed by atoms with Crippen LogP contribution in [0, 0.1) is 5.41 Å². The van der Waals surface area contributed by atoms with Crippen molar-refractivity contribution in [3.05, 3.63) is 35.9 Å². The summed E-state index contributed by atoms with van der Waals surface area (Å²) >= 11 is 0. The smallest absolute Gasteiger partial charge is 0.0677 e. The molecule has 0 radical (unpaired) electrons.